The summed E-state index contributed by atoms with van der Waals surface area (Å²) in [4.78, 5) is 11.6. The van der Waals surface area contributed by atoms with Crippen LogP contribution in [0.5, 0.6) is 0 Å². The highest BCUT2D eigenvalue weighted by Crippen LogP contribution is 2.18. The molecular weight excluding hydrogens is 204 g/mol. The summed E-state index contributed by atoms with van der Waals surface area (Å²) in [7, 11) is 0. The van der Waals surface area contributed by atoms with E-state index in [-0.39, 0.29) is 5.97 Å². The van der Waals surface area contributed by atoms with E-state index in [1.165, 1.54) is 0 Å². The van der Waals surface area contributed by atoms with E-state index in [9.17, 15) is 4.79 Å². The van der Waals surface area contributed by atoms with E-state index in [2.05, 4.69) is 6.58 Å². The first kappa shape index (κ1) is 10.9. The van der Waals surface area contributed by atoms with Gasteiger partial charge in [-0.05, 0) is 11.1 Å². The molecule has 3 nitrogen and oxygen atoms in total. The van der Waals surface area contributed by atoms with Gasteiger partial charge < -0.3 is 9.47 Å². The number of benzene rings is 1. The van der Waals surface area contributed by atoms with E-state index in [4.69, 9.17) is 9.47 Å². The van der Waals surface area contributed by atoms with E-state index in [0.29, 0.717) is 19.6 Å². The number of ether oxygens (including phenoxy) is 2. The van der Waals surface area contributed by atoms with Crippen LogP contribution < -0.4 is 0 Å². The van der Waals surface area contributed by atoms with E-state index >= 15 is 0 Å². The van der Waals surface area contributed by atoms with Crippen LogP contribution in [-0.4, -0.2) is 18.7 Å². The molecule has 1 aromatic carbocycles. The predicted octanol–water partition coefficient (Wildman–Crippen LogP) is 2.07. The molecule has 1 saturated heterocycles. The molecule has 1 fully saturated rings. The highest BCUT2D eigenvalue weighted by Gasteiger charge is 2.27. The Kier molecular flexibility index (Phi) is 3.37. The van der Waals surface area contributed by atoms with Crippen molar-refractivity contribution < 1.29 is 14.3 Å². The van der Waals surface area contributed by atoms with Gasteiger partial charge >= 0.3 is 5.97 Å². The van der Waals surface area contributed by atoms with Crippen molar-refractivity contribution in [2.45, 2.75) is 19.1 Å². The molecule has 0 aromatic heterocycles. The Morgan fingerprint density at radius 1 is 1.44 bits per heavy atom. The molecule has 84 valence electrons. The smallest absolute Gasteiger partial charge is 0.335 e. The molecule has 0 aliphatic carbocycles. The van der Waals surface area contributed by atoms with Crippen LogP contribution in [0, 0.1) is 0 Å². The van der Waals surface area contributed by atoms with Gasteiger partial charge in [-0.1, -0.05) is 36.9 Å². The van der Waals surface area contributed by atoms with Crippen LogP contribution in [-0.2, 0) is 20.9 Å². The van der Waals surface area contributed by atoms with Gasteiger partial charge in [0.05, 0.1) is 6.61 Å². The first-order valence-corrected chi connectivity index (χ1v) is 5.24. The van der Waals surface area contributed by atoms with Crippen LogP contribution in [0.1, 0.15) is 12.0 Å². The maximum absolute atomic E-state index is 11.6. The Bertz CT molecular complexity index is 383. The Balaban J connectivity index is 1.82. The molecule has 1 atom stereocenters. The fraction of sp³-hybridized carbons (Fsp3) is 0.308. The van der Waals surface area contributed by atoms with E-state index in [0.717, 1.165) is 11.1 Å². The quantitative estimate of drug-likeness (QED) is 0.575. The van der Waals surface area contributed by atoms with Crippen molar-refractivity contribution in [3.05, 3.63) is 48.0 Å². The van der Waals surface area contributed by atoms with Gasteiger partial charge in [0, 0.05) is 6.42 Å². The van der Waals surface area contributed by atoms with Crippen molar-refractivity contribution in [1.29, 1.82) is 0 Å². The summed E-state index contributed by atoms with van der Waals surface area (Å²) < 4.78 is 10.4. The lowest BCUT2D eigenvalue weighted by Crippen LogP contribution is -2.21. The minimum atomic E-state index is -0.462. The van der Waals surface area contributed by atoms with Crippen LogP contribution in [0.25, 0.3) is 0 Å². The monoisotopic (exact) mass is 218 g/mol. The summed E-state index contributed by atoms with van der Waals surface area (Å²) in [5.74, 6) is -0.303. The molecule has 16 heavy (non-hydrogen) atoms. The molecule has 0 saturated carbocycles. The zero-order valence-corrected chi connectivity index (χ0v) is 9.02. The molecule has 0 spiro atoms. The van der Waals surface area contributed by atoms with Crippen molar-refractivity contribution in [2.24, 2.45) is 0 Å². The number of esters is 1. The minimum Gasteiger partial charge on any atom is -0.459 e. The Hall–Kier alpha value is -1.61. The zero-order chi connectivity index (χ0) is 11.4. The summed E-state index contributed by atoms with van der Waals surface area (Å²) in [5, 5.41) is 0. The van der Waals surface area contributed by atoms with Crippen LogP contribution in [0.2, 0.25) is 0 Å². The van der Waals surface area contributed by atoms with Gasteiger partial charge in [0.25, 0.3) is 0 Å². The van der Waals surface area contributed by atoms with Gasteiger partial charge in [-0.3, -0.25) is 0 Å². The highest BCUT2D eigenvalue weighted by atomic mass is 16.6. The minimum absolute atomic E-state index is 0.298. The fourth-order valence-corrected chi connectivity index (χ4v) is 1.57. The van der Waals surface area contributed by atoms with Crippen molar-refractivity contribution in [1.82, 2.24) is 0 Å². The molecule has 2 rings (SSSR count). The van der Waals surface area contributed by atoms with Crippen LogP contribution in [0.3, 0.4) is 0 Å². The second kappa shape index (κ2) is 4.94. The average Bonchev–Trinajstić information content (AvgIpc) is 2.74. The molecule has 0 N–H and O–H groups in total. The van der Waals surface area contributed by atoms with Crippen molar-refractivity contribution >= 4 is 5.97 Å². The molecule has 3 heteroatoms. The van der Waals surface area contributed by atoms with E-state index < -0.39 is 6.10 Å². The summed E-state index contributed by atoms with van der Waals surface area (Å²) >= 11 is 0. The molecule has 0 amide bonds. The highest BCUT2D eigenvalue weighted by molar-refractivity contribution is 5.75. The maximum atomic E-state index is 11.6. The summed E-state index contributed by atoms with van der Waals surface area (Å²) in [6.45, 7) is 4.53. The third-order valence-electron chi connectivity index (χ3n) is 2.45. The summed E-state index contributed by atoms with van der Waals surface area (Å²) in [6, 6.07) is 9.59. The Morgan fingerprint density at radius 2 is 2.19 bits per heavy atom. The van der Waals surface area contributed by atoms with Crippen LogP contribution >= 0.6 is 0 Å². The Labute approximate surface area is 94.7 Å². The second-order valence-electron chi connectivity index (χ2n) is 3.85. The lowest BCUT2D eigenvalue weighted by atomic mass is 10.2. The third kappa shape index (κ3) is 2.70. The predicted molar refractivity (Wildman–Crippen MR) is 59.7 cm³/mol. The maximum Gasteiger partial charge on any atom is 0.335 e. The summed E-state index contributed by atoms with van der Waals surface area (Å²) in [6.07, 6.45) is 0.115. The molecule has 1 aromatic rings. The standard InChI is InChI=1S/C13H14O3/c1-10-7-12(15-8-10)13(14)16-9-11-5-3-2-4-6-11/h2-6,12H,1,7-9H2/t12-/m1/s1. The van der Waals surface area contributed by atoms with Gasteiger partial charge in [0.2, 0.25) is 0 Å². The molecule has 1 aliphatic rings. The molecule has 0 bridgehead atoms. The molecule has 1 aliphatic heterocycles. The van der Waals surface area contributed by atoms with Crippen molar-refractivity contribution in [3.63, 3.8) is 0 Å². The largest absolute Gasteiger partial charge is 0.459 e. The normalized spacial score (nSPS) is 19.8. The third-order valence-corrected chi connectivity index (χ3v) is 2.45. The van der Waals surface area contributed by atoms with Crippen molar-refractivity contribution in [3.8, 4) is 0 Å². The number of hydrogen-bond acceptors (Lipinski definition) is 3. The molecule has 1 heterocycles. The topological polar surface area (TPSA) is 35.5 Å². The van der Waals surface area contributed by atoms with Gasteiger partial charge in [0.1, 0.15) is 6.61 Å². The first-order chi connectivity index (χ1) is 7.75. The number of carbonyl (C=O) groups excluding carboxylic acids is 1. The Morgan fingerprint density at radius 3 is 2.81 bits per heavy atom. The number of carbonyl (C=O) groups is 1. The van der Waals surface area contributed by atoms with Gasteiger partial charge in [-0.25, -0.2) is 4.79 Å². The van der Waals surface area contributed by atoms with Crippen LogP contribution in [0.4, 0.5) is 0 Å². The number of rotatable bonds is 3. The van der Waals surface area contributed by atoms with E-state index in [1.54, 1.807) is 0 Å². The molecule has 0 radical (unpaired) electrons. The SMILES string of the molecule is C=C1CO[C@@H](C(=O)OCc2ccccc2)C1. The van der Waals surface area contributed by atoms with Gasteiger partial charge in [-0.2, -0.15) is 0 Å². The lowest BCUT2D eigenvalue weighted by Gasteiger charge is -2.09. The van der Waals surface area contributed by atoms with Gasteiger partial charge in [-0.15, -0.1) is 0 Å². The average molecular weight is 218 g/mol. The fourth-order valence-electron chi connectivity index (χ4n) is 1.57. The first-order valence-electron chi connectivity index (χ1n) is 5.24. The second-order valence-corrected chi connectivity index (χ2v) is 3.85. The lowest BCUT2D eigenvalue weighted by molar-refractivity contribution is -0.155. The van der Waals surface area contributed by atoms with E-state index in [1.807, 2.05) is 30.3 Å². The van der Waals surface area contributed by atoms with Crippen LogP contribution in [0.15, 0.2) is 42.5 Å². The summed E-state index contributed by atoms with van der Waals surface area (Å²) in [5.41, 5.74) is 1.93. The van der Waals surface area contributed by atoms with Gasteiger partial charge in [0.15, 0.2) is 6.10 Å². The number of hydrogen-bond donors (Lipinski definition) is 0. The molecular formula is C13H14O3. The molecule has 0 unspecified atom stereocenters. The zero-order valence-electron chi connectivity index (χ0n) is 9.02. The van der Waals surface area contributed by atoms with Crippen molar-refractivity contribution in [2.75, 3.05) is 6.61 Å².